The molecule has 0 aromatic heterocycles. The molecule has 0 heterocycles. The van der Waals surface area contributed by atoms with Gasteiger partial charge in [0.15, 0.2) is 0 Å². The molecule has 2 aromatic rings. The molecule has 0 unspecified atom stereocenters. The Labute approximate surface area is 181 Å². The van der Waals surface area contributed by atoms with E-state index in [9.17, 15) is 9.59 Å². The van der Waals surface area contributed by atoms with Crippen molar-refractivity contribution in [1.82, 2.24) is 9.80 Å². The smallest absolute Gasteiger partial charge is 0.222 e. The Morgan fingerprint density at radius 2 is 0.900 bits per heavy atom. The Morgan fingerprint density at radius 3 is 1.27 bits per heavy atom. The van der Waals surface area contributed by atoms with Crippen LogP contribution in [0.25, 0.3) is 0 Å². The normalized spacial score (nSPS) is 10.6. The lowest BCUT2D eigenvalue weighted by molar-refractivity contribution is -0.131. The summed E-state index contributed by atoms with van der Waals surface area (Å²) in [6.45, 7) is 1.35. The lowest BCUT2D eigenvalue weighted by atomic mass is 10.1. The monoisotopic (exact) mass is 408 g/mol. The molecule has 0 bridgehead atoms. The van der Waals surface area contributed by atoms with Crippen molar-refractivity contribution in [1.29, 1.82) is 0 Å². The molecule has 0 atom stereocenters. The molecule has 2 rings (SSSR count). The van der Waals surface area contributed by atoms with Gasteiger partial charge in [-0.1, -0.05) is 86.3 Å². The molecule has 0 radical (unpaired) electrons. The van der Waals surface area contributed by atoms with E-state index in [4.69, 9.17) is 0 Å². The molecule has 0 fully saturated rings. The molecule has 0 aliphatic heterocycles. The van der Waals surface area contributed by atoms with Crippen molar-refractivity contribution in [3.05, 3.63) is 71.8 Å². The summed E-state index contributed by atoms with van der Waals surface area (Å²) in [6.07, 6.45) is 7.53. The van der Waals surface area contributed by atoms with Gasteiger partial charge in [0, 0.05) is 40.0 Å². The van der Waals surface area contributed by atoms with E-state index >= 15 is 0 Å². The number of benzene rings is 2. The fourth-order valence-corrected chi connectivity index (χ4v) is 3.53. The minimum atomic E-state index is 0.214. The number of carbonyl (C=O) groups is 2. The highest BCUT2D eigenvalue weighted by molar-refractivity contribution is 5.76. The van der Waals surface area contributed by atoms with E-state index in [1.807, 2.05) is 84.6 Å². The van der Waals surface area contributed by atoms with Crippen molar-refractivity contribution in [2.75, 3.05) is 14.1 Å². The van der Waals surface area contributed by atoms with Crippen molar-refractivity contribution in [2.45, 2.75) is 64.5 Å². The van der Waals surface area contributed by atoms with Crippen LogP contribution in [0, 0.1) is 0 Å². The summed E-state index contributed by atoms with van der Waals surface area (Å²) in [5.74, 6) is 0.428. The highest BCUT2D eigenvalue weighted by atomic mass is 16.2. The second kappa shape index (κ2) is 13.6. The van der Waals surface area contributed by atoms with Gasteiger partial charge < -0.3 is 9.80 Å². The zero-order valence-corrected chi connectivity index (χ0v) is 18.6. The molecule has 0 saturated heterocycles. The van der Waals surface area contributed by atoms with Gasteiger partial charge in [-0.05, 0) is 24.0 Å². The Balaban J connectivity index is 1.47. The first-order valence-electron chi connectivity index (χ1n) is 11.1. The van der Waals surface area contributed by atoms with Crippen LogP contribution in [0.15, 0.2) is 60.7 Å². The highest BCUT2D eigenvalue weighted by Crippen LogP contribution is 2.12. The maximum Gasteiger partial charge on any atom is 0.222 e. The third-order valence-corrected chi connectivity index (χ3v) is 5.41. The van der Waals surface area contributed by atoms with Crippen LogP contribution in [0.3, 0.4) is 0 Å². The highest BCUT2D eigenvalue weighted by Gasteiger charge is 2.10. The van der Waals surface area contributed by atoms with Crippen molar-refractivity contribution in [3.8, 4) is 0 Å². The lowest BCUT2D eigenvalue weighted by Gasteiger charge is -2.17. The predicted molar refractivity (Wildman–Crippen MR) is 123 cm³/mol. The standard InChI is InChI=1S/C26H36N2O2/c1-27(21-23-15-9-7-10-16-23)25(29)19-13-5-3-4-6-14-20-26(30)28(2)22-24-17-11-8-12-18-24/h7-12,15-18H,3-6,13-14,19-22H2,1-2H3. The van der Waals surface area contributed by atoms with Gasteiger partial charge >= 0.3 is 0 Å². The minimum absolute atomic E-state index is 0.214. The van der Waals surface area contributed by atoms with Gasteiger partial charge in [-0.25, -0.2) is 0 Å². The second-order valence-electron chi connectivity index (χ2n) is 8.09. The zero-order valence-electron chi connectivity index (χ0n) is 18.6. The van der Waals surface area contributed by atoms with E-state index in [1.165, 1.54) is 0 Å². The van der Waals surface area contributed by atoms with Gasteiger partial charge in [-0.15, -0.1) is 0 Å². The molecular weight excluding hydrogens is 372 g/mol. The van der Waals surface area contributed by atoms with Gasteiger partial charge in [0.2, 0.25) is 11.8 Å². The summed E-state index contributed by atoms with van der Waals surface area (Å²) < 4.78 is 0. The quantitative estimate of drug-likeness (QED) is 0.415. The summed E-state index contributed by atoms with van der Waals surface area (Å²) in [5.41, 5.74) is 2.33. The van der Waals surface area contributed by atoms with Crippen LogP contribution < -0.4 is 0 Å². The molecule has 4 heteroatoms. The van der Waals surface area contributed by atoms with Crippen molar-refractivity contribution in [2.24, 2.45) is 0 Å². The molecule has 2 aromatic carbocycles. The molecule has 162 valence electrons. The van der Waals surface area contributed by atoms with Gasteiger partial charge in [-0.2, -0.15) is 0 Å². The van der Waals surface area contributed by atoms with Gasteiger partial charge in [0.1, 0.15) is 0 Å². The lowest BCUT2D eigenvalue weighted by Crippen LogP contribution is -2.25. The first-order valence-corrected chi connectivity index (χ1v) is 11.1. The van der Waals surface area contributed by atoms with Crippen LogP contribution in [0.4, 0.5) is 0 Å². The van der Waals surface area contributed by atoms with Crippen LogP contribution >= 0.6 is 0 Å². The van der Waals surface area contributed by atoms with E-state index in [-0.39, 0.29) is 11.8 Å². The van der Waals surface area contributed by atoms with Crippen LogP contribution in [-0.2, 0) is 22.7 Å². The minimum Gasteiger partial charge on any atom is -0.341 e. The number of nitrogens with zero attached hydrogens (tertiary/aromatic N) is 2. The zero-order chi connectivity index (χ0) is 21.6. The number of hydrogen-bond acceptors (Lipinski definition) is 2. The summed E-state index contributed by atoms with van der Waals surface area (Å²) >= 11 is 0. The second-order valence-corrected chi connectivity index (χ2v) is 8.09. The number of amides is 2. The van der Waals surface area contributed by atoms with Crippen LogP contribution in [0.1, 0.15) is 62.5 Å². The molecule has 0 aliphatic rings. The fourth-order valence-electron chi connectivity index (χ4n) is 3.53. The molecule has 30 heavy (non-hydrogen) atoms. The van der Waals surface area contributed by atoms with Crippen LogP contribution in [0.5, 0.6) is 0 Å². The maximum absolute atomic E-state index is 12.2. The van der Waals surface area contributed by atoms with Gasteiger partial charge in [-0.3, -0.25) is 9.59 Å². The largest absolute Gasteiger partial charge is 0.341 e. The molecule has 0 spiro atoms. The van der Waals surface area contributed by atoms with E-state index in [0.717, 1.165) is 49.7 Å². The third-order valence-electron chi connectivity index (χ3n) is 5.41. The van der Waals surface area contributed by atoms with Crippen LogP contribution in [0.2, 0.25) is 0 Å². The van der Waals surface area contributed by atoms with Crippen molar-refractivity contribution < 1.29 is 9.59 Å². The van der Waals surface area contributed by atoms with E-state index in [0.29, 0.717) is 25.9 Å². The average Bonchev–Trinajstić information content (AvgIpc) is 2.76. The topological polar surface area (TPSA) is 40.6 Å². The van der Waals surface area contributed by atoms with E-state index < -0.39 is 0 Å². The Morgan fingerprint density at radius 1 is 0.567 bits per heavy atom. The summed E-state index contributed by atoms with van der Waals surface area (Å²) in [4.78, 5) is 28.1. The van der Waals surface area contributed by atoms with E-state index in [2.05, 4.69) is 0 Å². The molecule has 2 amide bonds. The molecule has 0 saturated carbocycles. The first kappa shape index (κ1) is 23.7. The fraction of sp³-hybridized carbons (Fsp3) is 0.462. The van der Waals surface area contributed by atoms with Gasteiger partial charge in [0.05, 0.1) is 0 Å². The molecule has 0 N–H and O–H groups in total. The van der Waals surface area contributed by atoms with Crippen molar-refractivity contribution >= 4 is 11.8 Å². The Hall–Kier alpha value is -2.62. The third kappa shape index (κ3) is 9.25. The van der Waals surface area contributed by atoms with Crippen LogP contribution in [-0.4, -0.2) is 35.7 Å². The summed E-state index contributed by atoms with van der Waals surface area (Å²) in [6, 6.07) is 20.2. The first-order chi connectivity index (χ1) is 14.6. The van der Waals surface area contributed by atoms with Gasteiger partial charge in [0.25, 0.3) is 0 Å². The van der Waals surface area contributed by atoms with Crippen molar-refractivity contribution in [3.63, 3.8) is 0 Å². The Bertz CT molecular complexity index is 681. The number of rotatable bonds is 13. The Kier molecular flexibility index (Phi) is 10.7. The summed E-state index contributed by atoms with van der Waals surface area (Å²) in [5, 5.41) is 0. The number of carbonyl (C=O) groups excluding carboxylic acids is 2. The maximum atomic E-state index is 12.2. The predicted octanol–water partition coefficient (Wildman–Crippen LogP) is 5.42. The number of unbranched alkanes of at least 4 members (excludes halogenated alkanes) is 5. The number of hydrogen-bond donors (Lipinski definition) is 0. The summed E-state index contributed by atoms with van der Waals surface area (Å²) in [7, 11) is 3.75. The van der Waals surface area contributed by atoms with E-state index in [1.54, 1.807) is 0 Å². The molecule has 4 nitrogen and oxygen atoms in total. The molecular formula is C26H36N2O2. The average molecular weight is 409 g/mol. The molecule has 0 aliphatic carbocycles. The SMILES string of the molecule is CN(Cc1ccccc1)C(=O)CCCCCCCCC(=O)N(C)Cc1ccccc1.